The second-order valence-corrected chi connectivity index (χ2v) is 8.94. The van der Waals surface area contributed by atoms with Crippen molar-refractivity contribution in [2.45, 2.75) is 33.0 Å². The first-order chi connectivity index (χ1) is 16.5. The maximum Gasteiger partial charge on any atom is 0.343 e. The van der Waals surface area contributed by atoms with E-state index in [2.05, 4.69) is 15.4 Å². The number of carbonyl (C=O) groups is 2. The first-order valence-electron chi connectivity index (χ1n) is 10.7. The zero-order chi connectivity index (χ0) is 23.9. The van der Waals surface area contributed by atoms with E-state index in [9.17, 15) is 9.59 Å². The van der Waals surface area contributed by atoms with Gasteiger partial charge in [-0.1, -0.05) is 72.3 Å². The van der Waals surface area contributed by atoms with Crippen LogP contribution in [0.25, 0.3) is 0 Å². The van der Waals surface area contributed by atoms with Crippen LogP contribution in [0.1, 0.15) is 37.9 Å². The number of amides is 1. The van der Waals surface area contributed by atoms with Gasteiger partial charge >= 0.3 is 5.97 Å². The number of benzene rings is 2. The first kappa shape index (κ1) is 23.7. The lowest BCUT2D eigenvalue weighted by Gasteiger charge is -2.05. The molecule has 4 aromatic rings. The van der Waals surface area contributed by atoms with Gasteiger partial charge in [0, 0.05) is 11.9 Å². The van der Waals surface area contributed by atoms with E-state index in [0.29, 0.717) is 29.5 Å². The molecule has 0 unspecified atom stereocenters. The standard InChI is InChI=1S/C25H23ClN4O3S/c1-17-23(24(26)30(29-17)14-19-10-6-3-7-11-19)25(32)33-15-20-16-34-22(28-20)12-21(31)27-13-18-8-4-2-5-9-18/h2-11,16H,12-15H2,1H3,(H,27,31). The second kappa shape index (κ2) is 11.1. The summed E-state index contributed by atoms with van der Waals surface area (Å²) in [5.41, 5.74) is 3.38. The summed E-state index contributed by atoms with van der Waals surface area (Å²) >= 11 is 7.79. The van der Waals surface area contributed by atoms with Crippen molar-refractivity contribution in [2.24, 2.45) is 0 Å². The Bertz CT molecular complexity index is 1270. The van der Waals surface area contributed by atoms with Crippen molar-refractivity contribution in [3.05, 3.63) is 104 Å². The molecule has 174 valence electrons. The monoisotopic (exact) mass is 494 g/mol. The molecule has 0 saturated heterocycles. The molecule has 4 rings (SSSR count). The number of esters is 1. The lowest BCUT2D eigenvalue weighted by molar-refractivity contribution is -0.120. The van der Waals surface area contributed by atoms with E-state index in [1.807, 2.05) is 60.7 Å². The fourth-order valence-corrected chi connectivity index (χ4v) is 4.44. The number of carbonyl (C=O) groups excluding carboxylic acids is 2. The molecule has 7 nitrogen and oxygen atoms in total. The van der Waals surface area contributed by atoms with Gasteiger partial charge in [-0.05, 0) is 18.1 Å². The molecule has 0 atom stereocenters. The Morgan fingerprint density at radius 3 is 2.44 bits per heavy atom. The van der Waals surface area contributed by atoms with Crippen LogP contribution in [0.4, 0.5) is 0 Å². The first-order valence-corrected chi connectivity index (χ1v) is 11.9. The summed E-state index contributed by atoms with van der Waals surface area (Å²) in [7, 11) is 0. The minimum absolute atomic E-state index is 0.0133. The third-order valence-corrected chi connectivity index (χ3v) is 6.32. The molecule has 0 fully saturated rings. The molecule has 0 spiro atoms. The Hall–Kier alpha value is -3.49. The average molecular weight is 495 g/mol. The van der Waals surface area contributed by atoms with Crippen molar-refractivity contribution in [1.82, 2.24) is 20.1 Å². The molecule has 0 saturated carbocycles. The predicted octanol–water partition coefficient (Wildman–Crippen LogP) is 4.57. The molecule has 1 amide bonds. The highest BCUT2D eigenvalue weighted by Crippen LogP contribution is 2.22. The molecule has 9 heteroatoms. The maximum absolute atomic E-state index is 12.7. The summed E-state index contributed by atoms with van der Waals surface area (Å²) in [5.74, 6) is -0.674. The van der Waals surface area contributed by atoms with E-state index < -0.39 is 5.97 Å². The molecule has 0 bridgehead atoms. The number of aryl methyl sites for hydroxylation is 1. The third-order valence-electron chi connectivity index (χ3n) is 5.04. The number of hydrogen-bond acceptors (Lipinski definition) is 6. The van der Waals surface area contributed by atoms with E-state index in [-0.39, 0.29) is 29.7 Å². The van der Waals surface area contributed by atoms with E-state index >= 15 is 0 Å². The Morgan fingerprint density at radius 2 is 1.74 bits per heavy atom. The van der Waals surface area contributed by atoms with Crippen LogP contribution in [0, 0.1) is 6.92 Å². The molecular formula is C25H23ClN4O3S. The summed E-state index contributed by atoms with van der Waals surface area (Å²) < 4.78 is 7.01. The van der Waals surface area contributed by atoms with Crippen LogP contribution in [-0.4, -0.2) is 26.6 Å². The number of aromatic nitrogens is 3. The molecule has 2 heterocycles. The lowest BCUT2D eigenvalue weighted by Crippen LogP contribution is -2.24. The van der Waals surface area contributed by atoms with E-state index in [1.54, 1.807) is 17.0 Å². The molecule has 2 aromatic heterocycles. The highest BCUT2D eigenvalue weighted by Gasteiger charge is 2.22. The Kier molecular flexibility index (Phi) is 7.72. The van der Waals surface area contributed by atoms with Gasteiger partial charge in [0.05, 0.1) is 24.4 Å². The number of thiazole rings is 1. The van der Waals surface area contributed by atoms with Crippen LogP contribution in [0.2, 0.25) is 5.15 Å². The minimum atomic E-state index is -0.558. The topological polar surface area (TPSA) is 86.1 Å². The molecular weight excluding hydrogens is 472 g/mol. The van der Waals surface area contributed by atoms with Gasteiger partial charge in [0.1, 0.15) is 22.3 Å². The molecule has 0 aliphatic heterocycles. The molecule has 0 radical (unpaired) electrons. The number of ether oxygens (including phenoxy) is 1. The quantitative estimate of drug-likeness (QED) is 0.344. The van der Waals surface area contributed by atoms with Gasteiger partial charge < -0.3 is 10.1 Å². The van der Waals surface area contributed by atoms with Crippen LogP contribution in [0.3, 0.4) is 0 Å². The Morgan fingerprint density at radius 1 is 1.06 bits per heavy atom. The second-order valence-electron chi connectivity index (χ2n) is 7.64. The van der Waals surface area contributed by atoms with Crippen molar-refractivity contribution < 1.29 is 14.3 Å². The highest BCUT2D eigenvalue weighted by molar-refractivity contribution is 7.09. The fourth-order valence-electron chi connectivity index (χ4n) is 3.35. The van der Waals surface area contributed by atoms with Gasteiger partial charge in [-0.15, -0.1) is 11.3 Å². The minimum Gasteiger partial charge on any atom is -0.455 e. The summed E-state index contributed by atoms with van der Waals surface area (Å²) in [6, 6.07) is 19.4. The number of nitrogens with one attached hydrogen (secondary N) is 1. The van der Waals surface area contributed by atoms with E-state index in [4.69, 9.17) is 16.3 Å². The van der Waals surface area contributed by atoms with Crippen molar-refractivity contribution in [1.29, 1.82) is 0 Å². The van der Waals surface area contributed by atoms with Crippen LogP contribution < -0.4 is 5.32 Å². The molecule has 34 heavy (non-hydrogen) atoms. The van der Waals surface area contributed by atoms with Gasteiger partial charge in [-0.3, -0.25) is 4.79 Å². The van der Waals surface area contributed by atoms with Gasteiger partial charge in [0.2, 0.25) is 5.91 Å². The van der Waals surface area contributed by atoms with E-state index in [0.717, 1.165) is 11.1 Å². The Labute approximate surface area is 206 Å². The SMILES string of the molecule is Cc1nn(Cc2ccccc2)c(Cl)c1C(=O)OCc1csc(CC(=O)NCc2ccccc2)n1. The summed E-state index contributed by atoms with van der Waals surface area (Å²) in [6.07, 6.45) is 0.169. The summed E-state index contributed by atoms with van der Waals surface area (Å²) in [5, 5.41) is 9.93. The number of hydrogen-bond donors (Lipinski definition) is 1. The van der Waals surface area contributed by atoms with Crippen LogP contribution in [-0.2, 0) is 35.6 Å². The highest BCUT2D eigenvalue weighted by atomic mass is 35.5. The van der Waals surface area contributed by atoms with Gasteiger partial charge in [0.25, 0.3) is 0 Å². The molecule has 2 aromatic carbocycles. The van der Waals surface area contributed by atoms with Crippen molar-refractivity contribution >= 4 is 34.8 Å². The molecule has 0 aliphatic carbocycles. The van der Waals surface area contributed by atoms with Gasteiger partial charge in [-0.2, -0.15) is 5.10 Å². The number of nitrogens with zero attached hydrogens (tertiary/aromatic N) is 3. The van der Waals surface area contributed by atoms with Crippen LogP contribution in [0.5, 0.6) is 0 Å². The van der Waals surface area contributed by atoms with Crippen molar-refractivity contribution in [3.8, 4) is 0 Å². The zero-order valence-corrected chi connectivity index (χ0v) is 20.1. The van der Waals surface area contributed by atoms with Crippen molar-refractivity contribution in [3.63, 3.8) is 0 Å². The fraction of sp³-hybridized carbons (Fsp3) is 0.200. The number of rotatable bonds is 9. The van der Waals surface area contributed by atoms with Gasteiger partial charge in [-0.25, -0.2) is 14.5 Å². The molecule has 1 N–H and O–H groups in total. The summed E-state index contributed by atoms with van der Waals surface area (Å²) in [6.45, 7) is 2.63. The smallest absolute Gasteiger partial charge is 0.343 e. The molecule has 0 aliphatic rings. The maximum atomic E-state index is 12.7. The Balaban J connectivity index is 1.30. The van der Waals surface area contributed by atoms with Gasteiger partial charge in [0.15, 0.2) is 0 Å². The van der Waals surface area contributed by atoms with Crippen molar-refractivity contribution in [2.75, 3.05) is 0 Å². The van der Waals surface area contributed by atoms with E-state index in [1.165, 1.54) is 11.3 Å². The van der Waals surface area contributed by atoms with Crippen LogP contribution in [0.15, 0.2) is 66.0 Å². The van der Waals surface area contributed by atoms with Crippen LogP contribution >= 0.6 is 22.9 Å². The lowest BCUT2D eigenvalue weighted by atomic mass is 10.2. The predicted molar refractivity (Wildman–Crippen MR) is 131 cm³/mol. The average Bonchev–Trinajstić information content (AvgIpc) is 3.40. The number of halogens is 1. The largest absolute Gasteiger partial charge is 0.455 e. The third kappa shape index (κ3) is 6.09. The summed E-state index contributed by atoms with van der Waals surface area (Å²) in [4.78, 5) is 29.3. The zero-order valence-electron chi connectivity index (χ0n) is 18.5. The normalized spacial score (nSPS) is 10.8.